The molecule has 0 unspecified atom stereocenters. The summed E-state index contributed by atoms with van der Waals surface area (Å²) in [6, 6.07) is 5.94. The van der Waals surface area contributed by atoms with Crippen molar-refractivity contribution >= 4 is 21.6 Å². The van der Waals surface area contributed by atoms with Gasteiger partial charge >= 0.3 is 5.69 Å². The maximum atomic E-state index is 13.6. The summed E-state index contributed by atoms with van der Waals surface area (Å²) in [5, 5.41) is 1.72. The second-order valence-electron chi connectivity index (χ2n) is 4.17. The Kier molecular flexibility index (Phi) is 2.60. The largest absolute Gasteiger partial charge is 0.333 e. The number of aromatic nitrogens is 2. The molecule has 0 saturated carbocycles. The fourth-order valence-electron chi connectivity index (χ4n) is 1.89. The minimum Gasteiger partial charge on any atom is -0.306 e. The first kappa shape index (κ1) is 11.9. The fourth-order valence-corrected chi connectivity index (χ4v) is 2.67. The maximum absolute atomic E-state index is 13.6. The molecular weight excluding hydrogens is 267 g/mol. The van der Waals surface area contributed by atoms with Crippen LogP contribution in [0.3, 0.4) is 0 Å². The predicted molar refractivity (Wildman–Crippen MR) is 72.7 cm³/mol. The average molecular weight is 276 g/mol. The molecule has 0 bridgehead atoms. The van der Waals surface area contributed by atoms with Crippen LogP contribution in [0.1, 0.15) is 5.56 Å². The molecule has 2 aromatic heterocycles. The Labute approximate surface area is 110 Å². The van der Waals surface area contributed by atoms with Gasteiger partial charge < -0.3 is 4.98 Å². The number of hydrogen-bond acceptors (Lipinski definition) is 3. The lowest BCUT2D eigenvalue weighted by Crippen LogP contribution is -2.33. The van der Waals surface area contributed by atoms with Crippen LogP contribution in [-0.4, -0.2) is 9.55 Å². The summed E-state index contributed by atoms with van der Waals surface area (Å²) in [6.45, 7) is 1.62. The van der Waals surface area contributed by atoms with Gasteiger partial charge in [-0.25, -0.2) is 13.8 Å². The lowest BCUT2D eigenvalue weighted by Gasteiger charge is -2.05. The number of nitrogens with zero attached hydrogens (tertiary/aromatic N) is 1. The molecule has 6 heteroatoms. The topological polar surface area (TPSA) is 54.9 Å². The Morgan fingerprint density at radius 3 is 2.79 bits per heavy atom. The summed E-state index contributed by atoms with van der Waals surface area (Å²) in [7, 11) is 0. The molecule has 3 rings (SSSR count). The van der Waals surface area contributed by atoms with Gasteiger partial charge in [0, 0.05) is 0 Å². The number of nitrogens with one attached hydrogen (secondary N) is 1. The molecule has 3 aromatic rings. The molecule has 19 heavy (non-hydrogen) atoms. The minimum absolute atomic E-state index is 0.227. The first-order valence-electron chi connectivity index (χ1n) is 5.57. The van der Waals surface area contributed by atoms with E-state index in [-0.39, 0.29) is 5.69 Å². The first-order chi connectivity index (χ1) is 9.08. The number of benzene rings is 1. The van der Waals surface area contributed by atoms with Gasteiger partial charge in [-0.3, -0.25) is 4.79 Å². The Morgan fingerprint density at radius 2 is 2.05 bits per heavy atom. The second-order valence-corrected chi connectivity index (χ2v) is 5.08. The van der Waals surface area contributed by atoms with Crippen molar-refractivity contribution in [1.29, 1.82) is 0 Å². The van der Waals surface area contributed by atoms with Crippen LogP contribution >= 0.6 is 11.3 Å². The number of H-pyrrole nitrogens is 1. The minimum atomic E-state index is -0.570. The zero-order valence-electron chi connectivity index (χ0n) is 9.94. The highest BCUT2D eigenvalue weighted by atomic mass is 32.1. The summed E-state index contributed by atoms with van der Waals surface area (Å²) < 4.78 is 14.9. The van der Waals surface area contributed by atoms with Crippen molar-refractivity contribution in [3.63, 3.8) is 0 Å². The van der Waals surface area contributed by atoms with Crippen molar-refractivity contribution in [3.05, 3.63) is 61.9 Å². The van der Waals surface area contributed by atoms with E-state index in [9.17, 15) is 14.0 Å². The maximum Gasteiger partial charge on any atom is 0.333 e. The van der Waals surface area contributed by atoms with E-state index >= 15 is 0 Å². The number of aryl methyl sites for hydroxylation is 1. The molecule has 0 aliphatic carbocycles. The predicted octanol–water partition coefficient (Wildman–Crippen LogP) is 2.19. The van der Waals surface area contributed by atoms with Crippen LogP contribution < -0.4 is 11.2 Å². The molecule has 0 fully saturated rings. The van der Waals surface area contributed by atoms with Crippen molar-refractivity contribution in [1.82, 2.24) is 9.55 Å². The third kappa shape index (κ3) is 1.80. The van der Waals surface area contributed by atoms with Gasteiger partial charge in [0.2, 0.25) is 0 Å². The molecule has 1 N–H and O–H groups in total. The van der Waals surface area contributed by atoms with Gasteiger partial charge in [-0.05, 0) is 36.1 Å². The first-order valence-corrected chi connectivity index (χ1v) is 6.45. The molecule has 4 nitrogen and oxygen atoms in total. The number of fused-ring (bicyclic) bond motifs is 1. The van der Waals surface area contributed by atoms with Crippen LogP contribution in [0, 0.1) is 12.7 Å². The van der Waals surface area contributed by atoms with Crippen LogP contribution in [0.4, 0.5) is 4.39 Å². The molecular formula is C13H9FN2O2S. The lowest BCUT2D eigenvalue weighted by molar-refractivity contribution is 0.616. The van der Waals surface area contributed by atoms with Gasteiger partial charge in [-0.2, -0.15) is 0 Å². The quantitative estimate of drug-likeness (QED) is 0.740. The standard InChI is InChI=1S/C13H9FN2O2S/c1-7-2-3-8(6-9(7)14)16-12(17)11-10(4-5-19-11)15-13(16)18/h2-6H,1H3,(H,15,18). The molecule has 0 radical (unpaired) electrons. The summed E-state index contributed by atoms with van der Waals surface area (Å²) in [5.41, 5.74) is 0.190. The summed E-state index contributed by atoms with van der Waals surface area (Å²) in [4.78, 5) is 26.8. The monoisotopic (exact) mass is 276 g/mol. The van der Waals surface area contributed by atoms with E-state index in [1.54, 1.807) is 24.4 Å². The molecule has 0 aliphatic heterocycles. The molecule has 0 spiro atoms. The van der Waals surface area contributed by atoms with Gasteiger partial charge in [-0.1, -0.05) is 6.07 Å². The number of rotatable bonds is 1. The van der Waals surface area contributed by atoms with Crippen LogP contribution in [0.25, 0.3) is 15.9 Å². The molecule has 1 aromatic carbocycles. The molecule has 0 aliphatic rings. The van der Waals surface area contributed by atoms with E-state index in [2.05, 4.69) is 4.98 Å². The van der Waals surface area contributed by atoms with Crippen molar-refractivity contribution in [2.75, 3.05) is 0 Å². The van der Waals surface area contributed by atoms with Gasteiger partial charge in [0.15, 0.2) is 0 Å². The molecule has 0 atom stereocenters. The smallest absolute Gasteiger partial charge is 0.306 e. The Hall–Kier alpha value is -2.21. The second kappa shape index (κ2) is 4.17. The lowest BCUT2D eigenvalue weighted by atomic mass is 10.2. The normalized spacial score (nSPS) is 11.1. The zero-order chi connectivity index (χ0) is 13.6. The van der Waals surface area contributed by atoms with Crippen LogP contribution in [0.2, 0.25) is 0 Å². The van der Waals surface area contributed by atoms with Crippen LogP contribution in [0.15, 0.2) is 39.2 Å². The van der Waals surface area contributed by atoms with Crippen molar-refractivity contribution in [2.45, 2.75) is 6.92 Å². The zero-order valence-corrected chi connectivity index (χ0v) is 10.8. The van der Waals surface area contributed by atoms with E-state index in [0.29, 0.717) is 15.8 Å². The van der Waals surface area contributed by atoms with Crippen molar-refractivity contribution < 1.29 is 4.39 Å². The number of hydrogen-bond donors (Lipinski definition) is 1. The highest BCUT2D eigenvalue weighted by Crippen LogP contribution is 2.15. The Bertz CT molecular complexity index is 892. The van der Waals surface area contributed by atoms with Crippen LogP contribution in [-0.2, 0) is 0 Å². The van der Waals surface area contributed by atoms with E-state index in [1.807, 2.05) is 0 Å². The summed E-state index contributed by atoms with van der Waals surface area (Å²) >= 11 is 1.24. The van der Waals surface area contributed by atoms with Gasteiger partial charge in [0.25, 0.3) is 5.56 Å². The molecule has 2 heterocycles. The van der Waals surface area contributed by atoms with E-state index in [0.717, 1.165) is 4.57 Å². The van der Waals surface area contributed by atoms with Gasteiger partial charge in [0.1, 0.15) is 10.5 Å². The van der Waals surface area contributed by atoms with E-state index in [1.165, 1.54) is 23.5 Å². The van der Waals surface area contributed by atoms with E-state index in [4.69, 9.17) is 0 Å². The Morgan fingerprint density at radius 1 is 1.26 bits per heavy atom. The van der Waals surface area contributed by atoms with Crippen LogP contribution in [0.5, 0.6) is 0 Å². The highest BCUT2D eigenvalue weighted by molar-refractivity contribution is 7.17. The molecule has 0 amide bonds. The van der Waals surface area contributed by atoms with Crippen molar-refractivity contribution in [3.8, 4) is 5.69 Å². The van der Waals surface area contributed by atoms with Gasteiger partial charge in [0.05, 0.1) is 11.2 Å². The SMILES string of the molecule is Cc1ccc(-n2c(=O)[nH]c3ccsc3c2=O)cc1F. The third-order valence-electron chi connectivity index (χ3n) is 2.92. The van der Waals surface area contributed by atoms with Crippen molar-refractivity contribution in [2.24, 2.45) is 0 Å². The summed E-state index contributed by atoms with van der Waals surface area (Å²) in [5.74, 6) is -0.449. The Balaban J connectivity index is 2.38. The highest BCUT2D eigenvalue weighted by Gasteiger charge is 2.11. The third-order valence-corrected chi connectivity index (χ3v) is 3.82. The molecule has 96 valence electrons. The number of halogens is 1. The number of thiophene rings is 1. The average Bonchev–Trinajstić information content (AvgIpc) is 2.82. The number of aromatic amines is 1. The molecule has 0 saturated heterocycles. The van der Waals surface area contributed by atoms with Gasteiger partial charge in [-0.15, -0.1) is 11.3 Å². The fraction of sp³-hybridized carbons (Fsp3) is 0.0769. The van der Waals surface area contributed by atoms with E-state index < -0.39 is 17.1 Å². The summed E-state index contributed by atoms with van der Waals surface area (Å²) in [6.07, 6.45) is 0.